The van der Waals surface area contributed by atoms with E-state index in [0.29, 0.717) is 17.4 Å². The fourth-order valence-electron chi connectivity index (χ4n) is 8.61. The van der Waals surface area contributed by atoms with Crippen LogP contribution in [0.4, 0.5) is 0 Å². The Hall–Kier alpha value is -2.32. The Kier molecular flexibility index (Phi) is 52.7. The van der Waals surface area contributed by atoms with E-state index in [2.05, 4.69) is 92.1 Å². The summed E-state index contributed by atoms with van der Waals surface area (Å²) < 4.78 is 23.4. The summed E-state index contributed by atoms with van der Waals surface area (Å²) in [6.07, 6.45) is 76.7. The second-order valence-electron chi connectivity index (χ2n) is 21.7. The molecule has 0 saturated carbocycles. The molecule has 2 N–H and O–H groups in total. The number of rotatable bonds is 55. The number of nitrogens with one attached hydrogen (secondary N) is 1. The van der Waals surface area contributed by atoms with Crippen LogP contribution in [-0.2, 0) is 18.4 Å². The first-order valence-corrected chi connectivity index (χ1v) is 31.9. The molecular weight excluding hydrogens is 924 g/mol. The first-order valence-electron chi connectivity index (χ1n) is 30.4. The molecule has 3 atom stereocenters. The topological polar surface area (TPSA) is 108 Å². The number of phosphoric acid groups is 1. The number of phosphoric ester groups is 1. The lowest BCUT2D eigenvalue weighted by Gasteiger charge is -2.29. The minimum atomic E-state index is -4.61. The standard InChI is InChI=1S/C64H117N2O6P/c1-6-8-10-12-14-16-18-20-22-24-26-28-30-32-34-35-37-39-41-43-45-47-49-51-53-55-57-63(67)62(61-72-73(69,70)71-60-59-66(3,4)5)65-64(68)58-56-54-52-50-48-46-44-42-40-38-36-33-31-29-27-25-23-21-19-17-15-13-11-9-7-2/h9,11,15,17,21,23,27,29,33,36,47,49,55,57,62-63,67H,6-8,10,12-14,16,18-20,22,24-26,28,30-32,34-35,37-46,48,50-54,56,58-61H2,1-5H3,(H-,65,68,69,70)/b11-9-,17-15-,23-21-,29-27-,36-33-,49-47+,57-55+. The third-order valence-corrected chi connectivity index (χ3v) is 14.3. The Labute approximate surface area is 452 Å². The Balaban J connectivity index is 4.25. The molecule has 0 aromatic carbocycles. The van der Waals surface area contributed by atoms with Gasteiger partial charge in [-0.2, -0.15) is 0 Å². The maximum absolute atomic E-state index is 13.0. The van der Waals surface area contributed by atoms with E-state index in [1.807, 2.05) is 27.2 Å². The summed E-state index contributed by atoms with van der Waals surface area (Å²) in [5, 5.41) is 13.9. The van der Waals surface area contributed by atoms with E-state index < -0.39 is 26.6 Å². The number of carbonyl (C=O) groups is 1. The molecule has 0 bridgehead atoms. The highest BCUT2D eigenvalue weighted by Gasteiger charge is 2.23. The lowest BCUT2D eigenvalue weighted by molar-refractivity contribution is -0.870. The monoisotopic (exact) mass is 1040 g/mol. The molecule has 0 radical (unpaired) electrons. The van der Waals surface area contributed by atoms with Gasteiger partial charge in [0, 0.05) is 6.42 Å². The number of allylic oxidation sites excluding steroid dienone is 13. The molecule has 0 heterocycles. The van der Waals surface area contributed by atoms with Gasteiger partial charge in [-0.3, -0.25) is 9.36 Å². The van der Waals surface area contributed by atoms with Crippen LogP contribution in [0.15, 0.2) is 85.1 Å². The summed E-state index contributed by atoms with van der Waals surface area (Å²) in [4.78, 5) is 25.5. The number of quaternary nitrogens is 1. The van der Waals surface area contributed by atoms with Gasteiger partial charge >= 0.3 is 0 Å². The fourth-order valence-corrected chi connectivity index (χ4v) is 9.33. The molecule has 1 amide bonds. The molecule has 0 saturated heterocycles. The molecular formula is C64H117N2O6P. The average Bonchev–Trinajstić information content (AvgIpc) is 3.35. The zero-order chi connectivity index (χ0) is 53.5. The first kappa shape index (κ1) is 70.7. The molecule has 9 heteroatoms. The van der Waals surface area contributed by atoms with Crippen LogP contribution in [0.25, 0.3) is 0 Å². The third-order valence-electron chi connectivity index (χ3n) is 13.3. The molecule has 0 aliphatic carbocycles. The summed E-state index contributed by atoms with van der Waals surface area (Å²) >= 11 is 0. The van der Waals surface area contributed by atoms with Gasteiger partial charge in [0.15, 0.2) is 0 Å². The summed E-state index contributed by atoms with van der Waals surface area (Å²) in [6.45, 7) is 4.53. The number of amides is 1. The molecule has 0 aliphatic heterocycles. The van der Waals surface area contributed by atoms with Crippen molar-refractivity contribution in [3.05, 3.63) is 85.1 Å². The molecule has 0 aromatic rings. The zero-order valence-electron chi connectivity index (χ0n) is 48.3. The zero-order valence-corrected chi connectivity index (χ0v) is 49.2. The van der Waals surface area contributed by atoms with E-state index in [1.165, 1.54) is 161 Å². The predicted molar refractivity (Wildman–Crippen MR) is 316 cm³/mol. The highest BCUT2D eigenvalue weighted by atomic mass is 31.2. The van der Waals surface area contributed by atoms with E-state index in [-0.39, 0.29) is 12.5 Å². The van der Waals surface area contributed by atoms with Gasteiger partial charge in [0.2, 0.25) is 5.91 Å². The van der Waals surface area contributed by atoms with Crippen molar-refractivity contribution in [1.29, 1.82) is 0 Å². The van der Waals surface area contributed by atoms with E-state index in [1.54, 1.807) is 6.08 Å². The number of unbranched alkanes of at least 4 members (excludes halogenated alkanes) is 30. The van der Waals surface area contributed by atoms with Gasteiger partial charge in [0.1, 0.15) is 13.2 Å². The van der Waals surface area contributed by atoms with Gasteiger partial charge in [-0.05, 0) is 77.0 Å². The number of likely N-dealkylation sites (N-methyl/N-ethyl adjacent to an activating group) is 1. The van der Waals surface area contributed by atoms with E-state index >= 15 is 0 Å². The Morgan fingerprint density at radius 1 is 0.493 bits per heavy atom. The van der Waals surface area contributed by atoms with Gasteiger partial charge in [-0.15, -0.1) is 0 Å². The Bertz CT molecular complexity index is 1460. The van der Waals surface area contributed by atoms with Crippen LogP contribution in [-0.4, -0.2) is 68.5 Å². The van der Waals surface area contributed by atoms with Crippen molar-refractivity contribution >= 4 is 13.7 Å². The molecule has 73 heavy (non-hydrogen) atoms. The molecule has 0 fully saturated rings. The number of aliphatic hydroxyl groups is 1. The van der Waals surface area contributed by atoms with Crippen molar-refractivity contribution in [3.8, 4) is 0 Å². The highest BCUT2D eigenvalue weighted by Crippen LogP contribution is 2.38. The number of hydrogen-bond donors (Lipinski definition) is 2. The highest BCUT2D eigenvalue weighted by molar-refractivity contribution is 7.45. The van der Waals surface area contributed by atoms with Crippen LogP contribution < -0.4 is 10.2 Å². The van der Waals surface area contributed by atoms with Gasteiger partial charge in [-0.1, -0.05) is 266 Å². The minimum Gasteiger partial charge on any atom is -0.756 e. The Morgan fingerprint density at radius 3 is 1.27 bits per heavy atom. The van der Waals surface area contributed by atoms with Crippen molar-refractivity contribution in [2.75, 3.05) is 40.9 Å². The average molecular weight is 1040 g/mol. The van der Waals surface area contributed by atoms with Crippen molar-refractivity contribution in [2.24, 2.45) is 0 Å². The smallest absolute Gasteiger partial charge is 0.268 e. The molecule has 0 spiro atoms. The van der Waals surface area contributed by atoms with E-state index in [9.17, 15) is 19.4 Å². The van der Waals surface area contributed by atoms with Crippen LogP contribution in [0, 0.1) is 0 Å². The van der Waals surface area contributed by atoms with Crippen molar-refractivity contribution in [1.82, 2.24) is 5.32 Å². The van der Waals surface area contributed by atoms with Crippen LogP contribution in [0.2, 0.25) is 0 Å². The van der Waals surface area contributed by atoms with E-state index in [4.69, 9.17) is 9.05 Å². The number of aliphatic hydroxyl groups excluding tert-OH is 1. The predicted octanol–water partition coefficient (Wildman–Crippen LogP) is 18.2. The normalized spacial score (nSPS) is 14.5. The van der Waals surface area contributed by atoms with Gasteiger partial charge in [-0.25, -0.2) is 0 Å². The summed E-state index contributed by atoms with van der Waals surface area (Å²) in [5.41, 5.74) is 0. The molecule has 0 rings (SSSR count). The minimum absolute atomic E-state index is 0.0112. The second kappa shape index (κ2) is 54.5. The number of nitrogens with zero attached hydrogens (tertiary/aromatic N) is 1. The molecule has 424 valence electrons. The largest absolute Gasteiger partial charge is 0.756 e. The van der Waals surface area contributed by atoms with Crippen molar-refractivity contribution in [2.45, 2.75) is 276 Å². The lowest BCUT2D eigenvalue weighted by Crippen LogP contribution is -2.45. The molecule has 3 unspecified atom stereocenters. The second-order valence-corrected chi connectivity index (χ2v) is 23.1. The molecule has 0 aromatic heterocycles. The Morgan fingerprint density at radius 2 is 0.849 bits per heavy atom. The number of carbonyl (C=O) groups excluding carboxylic acids is 1. The SMILES string of the molecule is CC/C=C\C/C=C\C/C=C\C/C=C\C/C=C\CCCCCCCCCCCC(=O)NC(COP(=O)([O-])OCC[N+](C)(C)C)C(O)/C=C/CC/C=C/CCCCCCCCCCCCCCCCCCCCCC. The van der Waals surface area contributed by atoms with Crippen LogP contribution in [0.3, 0.4) is 0 Å². The lowest BCUT2D eigenvalue weighted by atomic mass is 10.0. The quantitative estimate of drug-likeness (QED) is 0.0272. The van der Waals surface area contributed by atoms with Crippen LogP contribution >= 0.6 is 7.82 Å². The van der Waals surface area contributed by atoms with Crippen LogP contribution in [0.5, 0.6) is 0 Å². The summed E-state index contributed by atoms with van der Waals surface area (Å²) in [7, 11) is 1.23. The number of hydrogen-bond acceptors (Lipinski definition) is 6. The van der Waals surface area contributed by atoms with Crippen molar-refractivity contribution < 1.29 is 32.9 Å². The third kappa shape index (κ3) is 57.2. The fraction of sp³-hybridized carbons (Fsp3) is 0.766. The maximum atomic E-state index is 13.0. The van der Waals surface area contributed by atoms with E-state index in [0.717, 1.165) is 83.5 Å². The maximum Gasteiger partial charge on any atom is 0.268 e. The summed E-state index contributed by atoms with van der Waals surface area (Å²) in [5.74, 6) is -0.215. The van der Waals surface area contributed by atoms with Gasteiger partial charge in [0.05, 0.1) is 39.9 Å². The summed E-state index contributed by atoms with van der Waals surface area (Å²) in [6, 6.07) is -0.913. The van der Waals surface area contributed by atoms with Gasteiger partial charge in [0.25, 0.3) is 7.82 Å². The molecule has 8 nitrogen and oxygen atoms in total. The first-order chi connectivity index (χ1) is 35.5. The molecule has 0 aliphatic rings. The van der Waals surface area contributed by atoms with Crippen LogP contribution in [0.1, 0.15) is 264 Å². The van der Waals surface area contributed by atoms with Gasteiger partial charge < -0.3 is 28.8 Å². The van der Waals surface area contributed by atoms with Crippen molar-refractivity contribution in [3.63, 3.8) is 0 Å².